The molecule has 0 aromatic heterocycles. The molecular weight excluding hydrogens is 658 g/mol. The number of Topliss-reactive ketones (excluding diaryl/α,β-unsaturated/α-hetero) is 1. The van der Waals surface area contributed by atoms with Gasteiger partial charge in [-0.25, -0.2) is 0 Å². The Hall–Kier alpha value is -2.33. The largest absolute Gasteiger partial charge is 0.324 e. The molecule has 0 aliphatic carbocycles. The molecule has 0 rings (SSSR count). The first-order valence-electron chi connectivity index (χ1n) is 3.85. The molecule has 3 heteroatoms. The van der Waals surface area contributed by atoms with Crippen LogP contribution in [0.1, 0.15) is 40.5 Å². The standard InChI is InChI=1S/C9H17O.2Rf/c1-5-7-8(10)9(3,4)6-2;;/h5H,6-7H2,1-4H3;;/q-1;;. The fourth-order valence-corrected chi connectivity index (χ4v) is 0.659. The molecule has 0 amide bonds. The van der Waals surface area contributed by atoms with Crippen LogP contribution in [0.25, 0.3) is 0 Å². The second-order valence-corrected chi connectivity index (χ2v) is 3.27. The van der Waals surface area contributed by atoms with Crippen molar-refractivity contribution in [1.29, 1.82) is 0 Å². The Bertz CT molecular complexity index is 122. The zero-order chi connectivity index (χ0) is 8.20. The molecule has 0 saturated carbocycles. The SMILES string of the molecule is C[CH-]CC(=O)C(C)(C)CC.[Rf].[Rf]. The summed E-state index contributed by atoms with van der Waals surface area (Å²) in [4.78, 5) is 11.3. The molecule has 1 nitrogen and oxygen atoms in total. The third-order valence-electron chi connectivity index (χ3n) is 2.03. The van der Waals surface area contributed by atoms with Gasteiger partial charge in [0.05, 0.1) is 0 Å². The number of carbonyl (C=O) groups is 1. The zero-order valence-electron chi connectivity index (χ0n) is 8.81. The Morgan fingerprint density at radius 1 is 1.33 bits per heavy atom. The average Bonchev–Trinajstić information content (AvgIpc) is 1.89. The summed E-state index contributed by atoms with van der Waals surface area (Å²) in [6, 6.07) is 0. The summed E-state index contributed by atoms with van der Waals surface area (Å²) in [5.74, 6) is 0.345. The van der Waals surface area contributed by atoms with Gasteiger partial charge in [0.1, 0.15) is 5.78 Å². The first-order chi connectivity index (χ1) is 4.54. The van der Waals surface area contributed by atoms with Gasteiger partial charge in [-0.3, -0.25) is 0 Å². The van der Waals surface area contributed by atoms with Gasteiger partial charge in [0.25, 0.3) is 0 Å². The van der Waals surface area contributed by atoms with Crippen LogP contribution < -0.4 is 0 Å². The van der Waals surface area contributed by atoms with Crippen molar-refractivity contribution in [2.24, 2.45) is 5.41 Å². The maximum atomic E-state index is 11.3. The predicted octanol–water partition coefficient (Wildman–Crippen LogP) is 2.61. The van der Waals surface area contributed by atoms with Crippen molar-refractivity contribution in [2.75, 3.05) is 0 Å². The van der Waals surface area contributed by atoms with Crippen LogP contribution in [0.4, 0.5) is 0 Å². The topological polar surface area (TPSA) is 17.1 Å². The van der Waals surface area contributed by atoms with Crippen LogP contribution in [-0.4, -0.2) is 5.78 Å². The van der Waals surface area contributed by atoms with Gasteiger partial charge < -0.3 is 11.2 Å². The molecule has 0 heterocycles. The van der Waals surface area contributed by atoms with E-state index in [-0.39, 0.29) is 5.41 Å². The molecule has 12 heavy (non-hydrogen) atoms. The Morgan fingerprint density at radius 2 is 1.75 bits per heavy atom. The van der Waals surface area contributed by atoms with Crippen molar-refractivity contribution in [1.82, 2.24) is 0 Å². The van der Waals surface area contributed by atoms with Crippen LogP contribution in [0.15, 0.2) is 0 Å². The minimum absolute atomic E-state index is 0. The van der Waals surface area contributed by atoms with Crippen LogP contribution in [0.2, 0.25) is 0 Å². The zero-order valence-corrected chi connectivity index (χ0v) is 21.6. The summed E-state index contributed by atoms with van der Waals surface area (Å²) < 4.78 is 0. The van der Waals surface area contributed by atoms with Crippen LogP contribution in [0.5, 0.6) is 0 Å². The molecule has 0 radical (unpaired) electrons. The van der Waals surface area contributed by atoms with Gasteiger partial charge in [-0.1, -0.05) is 20.8 Å². The monoisotopic (exact) mass is 675 g/mol. The minimum Gasteiger partial charge on any atom is -0.324 e. The van der Waals surface area contributed by atoms with Crippen molar-refractivity contribution in [3.8, 4) is 0 Å². The van der Waals surface area contributed by atoms with Gasteiger partial charge >= 0.3 is 0 Å². The molecule has 64 valence electrons. The van der Waals surface area contributed by atoms with Gasteiger partial charge in [-0.15, -0.1) is 6.42 Å². The summed E-state index contributed by atoms with van der Waals surface area (Å²) >= 11 is 0. The molecule has 0 N–H and O–H groups in total. The fourth-order valence-electron chi connectivity index (χ4n) is 0.659. The van der Waals surface area contributed by atoms with Crippen molar-refractivity contribution in [3.05, 3.63) is 6.42 Å². The molecule has 0 aromatic carbocycles. The molecule has 0 bridgehead atoms. The van der Waals surface area contributed by atoms with Gasteiger partial charge in [-0.2, -0.15) is 6.92 Å². The quantitative estimate of drug-likeness (QED) is 0.420. The molecule has 0 aliphatic rings. The van der Waals surface area contributed by atoms with E-state index in [2.05, 4.69) is 0 Å². The van der Waals surface area contributed by atoms with Crippen LogP contribution >= 0.6 is 0 Å². The number of hydrogen-bond acceptors (Lipinski definition) is 1. The first-order valence-corrected chi connectivity index (χ1v) is 3.85. The van der Waals surface area contributed by atoms with E-state index in [9.17, 15) is 4.79 Å². The Kier molecular flexibility index (Phi) is 7.43. The Labute approximate surface area is 63.8 Å². The summed E-state index contributed by atoms with van der Waals surface area (Å²) in [5, 5.41) is 0. The molecule has 0 saturated heterocycles. The van der Waals surface area contributed by atoms with Crippen LogP contribution in [-0.2, 0) is 4.79 Å². The molecule has 0 unspecified atom stereocenters. The normalized spacial score (nSPS) is 9.67. The van der Waals surface area contributed by atoms with Crippen molar-refractivity contribution in [3.63, 3.8) is 0 Å². The number of rotatable bonds is 4. The second kappa shape index (κ2) is 5.45. The summed E-state index contributed by atoms with van der Waals surface area (Å²) in [5.41, 5.74) is -0.119. The van der Waals surface area contributed by atoms with E-state index in [1.807, 2.05) is 34.1 Å². The van der Waals surface area contributed by atoms with Crippen LogP contribution in [0.3, 0.4) is 0 Å². The smallest absolute Gasteiger partial charge is 0.109 e. The molecule has 0 atom stereocenters. The van der Waals surface area contributed by atoms with Crippen molar-refractivity contribution >= 4 is 5.78 Å². The third-order valence-corrected chi connectivity index (χ3v) is 2.03. The molecular formula is C9H17ORf2-. The van der Waals surface area contributed by atoms with Gasteiger partial charge in [0.2, 0.25) is 0 Å². The third kappa shape index (κ3) is 3.65. The van der Waals surface area contributed by atoms with Gasteiger partial charge in [0, 0.05) is 5.41 Å². The van der Waals surface area contributed by atoms with E-state index >= 15 is 0 Å². The number of carbonyl (C=O) groups excluding carboxylic acids is 1. The predicted molar refractivity (Wildman–Crippen MR) is 43.7 cm³/mol. The molecule has 0 fully saturated rings. The van der Waals surface area contributed by atoms with Crippen LogP contribution in [0, 0.1) is 11.8 Å². The summed E-state index contributed by atoms with van der Waals surface area (Å²) in [7, 11) is 0. The number of hydrogen-bond donors (Lipinski definition) is 0. The van der Waals surface area contributed by atoms with Gasteiger partial charge in [-0.05, 0) is 6.42 Å². The Balaban J connectivity index is -0.000000405. The van der Waals surface area contributed by atoms with E-state index in [0.29, 0.717) is 12.2 Å². The molecule has 0 aliphatic heterocycles. The Morgan fingerprint density at radius 3 is 2.00 bits per heavy atom. The van der Waals surface area contributed by atoms with Gasteiger partial charge in [0.15, 0.2) is 0 Å². The number of ketones is 1. The summed E-state index contributed by atoms with van der Waals surface area (Å²) in [6.07, 6.45) is 3.46. The second-order valence-electron chi connectivity index (χ2n) is 3.27. The average molecular weight is 675 g/mol. The maximum absolute atomic E-state index is 11.3. The van der Waals surface area contributed by atoms with E-state index in [1.165, 1.54) is 0 Å². The minimum atomic E-state index is -0.119. The van der Waals surface area contributed by atoms with E-state index in [4.69, 9.17) is 0 Å². The van der Waals surface area contributed by atoms with E-state index < -0.39 is 0 Å². The molecule has 0 aromatic rings. The van der Waals surface area contributed by atoms with E-state index in [0.717, 1.165) is 6.42 Å². The van der Waals surface area contributed by atoms with Crippen molar-refractivity contribution < 1.29 is 4.79 Å². The molecule has 0 spiro atoms. The van der Waals surface area contributed by atoms with Crippen molar-refractivity contribution in [2.45, 2.75) is 40.5 Å². The first kappa shape index (κ1) is 16.3. The van der Waals surface area contributed by atoms with E-state index in [1.54, 1.807) is 0 Å². The summed E-state index contributed by atoms with van der Waals surface area (Å²) in [6.45, 7) is 7.97. The maximum Gasteiger partial charge on any atom is 0.109 e. The fraction of sp³-hybridized carbons (Fsp3) is 0.778.